The summed E-state index contributed by atoms with van der Waals surface area (Å²) in [6, 6.07) is 5.87. The Labute approximate surface area is 169 Å². The van der Waals surface area contributed by atoms with Crippen molar-refractivity contribution in [3.05, 3.63) is 65.1 Å². The average Bonchev–Trinajstić information content (AvgIpc) is 3.08. The van der Waals surface area contributed by atoms with Gasteiger partial charge in [0.05, 0.1) is 11.3 Å². The van der Waals surface area contributed by atoms with Crippen LogP contribution in [0.2, 0.25) is 0 Å². The number of carbonyl (C=O) groups is 2. The Morgan fingerprint density at radius 1 is 0.967 bits per heavy atom. The maximum atomic E-state index is 13.0. The number of rotatable bonds is 2. The summed E-state index contributed by atoms with van der Waals surface area (Å²) in [5, 5.41) is 4.30. The lowest BCUT2D eigenvalue weighted by molar-refractivity contribution is -0.137. The number of nitrogens with zero attached hydrogens (tertiary/aromatic N) is 5. The number of benzene rings is 1. The van der Waals surface area contributed by atoms with Crippen molar-refractivity contribution in [2.75, 3.05) is 26.2 Å². The summed E-state index contributed by atoms with van der Waals surface area (Å²) in [5.41, 5.74) is 0.862. The van der Waals surface area contributed by atoms with Gasteiger partial charge in [-0.15, -0.1) is 0 Å². The second-order valence-corrected chi connectivity index (χ2v) is 7.01. The van der Waals surface area contributed by atoms with Gasteiger partial charge in [-0.05, 0) is 37.3 Å². The van der Waals surface area contributed by atoms with Crippen LogP contribution in [0.3, 0.4) is 0 Å². The summed E-state index contributed by atoms with van der Waals surface area (Å²) in [6.07, 6.45) is -1.14. The zero-order valence-electron chi connectivity index (χ0n) is 16.1. The van der Waals surface area contributed by atoms with Crippen molar-refractivity contribution in [3.8, 4) is 0 Å². The van der Waals surface area contributed by atoms with E-state index in [0.717, 1.165) is 12.1 Å². The standard InChI is InChI=1S/C20H18F3N5O2/c1-13-16(17-24-7-2-8-28(17)25-13)19(30)27-11-9-26(10-12-27)18(29)14-3-5-15(6-4-14)20(21,22)23/h2-8H,9-12H2,1H3. The molecule has 7 nitrogen and oxygen atoms in total. The fraction of sp³-hybridized carbons (Fsp3) is 0.300. The molecule has 0 radical (unpaired) electrons. The number of halogens is 3. The van der Waals surface area contributed by atoms with Gasteiger partial charge in [-0.1, -0.05) is 0 Å². The van der Waals surface area contributed by atoms with Gasteiger partial charge in [0, 0.05) is 44.1 Å². The van der Waals surface area contributed by atoms with Gasteiger partial charge in [0.2, 0.25) is 0 Å². The third-order valence-electron chi connectivity index (χ3n) is 5.10. The lowest BCUT2D eigenvalue weighted by Gasteiger charge is -2.34. The molecule has 0 unspecified atom stereocenters. The van der Waals surface area contributed by atoms with Crippen molar-refractivity contribution in [2.24, 2.45) is 0 Å². The topological polar surface area (TPSA) is 70.8 Å². The number of aromatic nitrogens is 3. The van der Waals surface area contributed by atoms with E-state index in [1.807, 2.05) is 0 Å². The zero-order valence-corrected chi connectivity index (χ0v) is 16.1. The summed E-state index contributed by atoms with van der Waals surface area (Å²) in [6.45, 7) is 2.95. The smallest absolute Gasteiger partial charge is 0.335 e. The molecule has 30 heavy (non-hydrogen) atoms. The van der Waals surface area contributed by atoms with E-state index in [1.165, 1.54) is 17.0 Å². The molecule has 2 amide bonds. The van der Waals surface area contributed by atoms with Crippen molar-refractivity contribution in [3.63, 3.8) is 0 Å². The highest BCUT2D eigenvalue weighted by molar-refractivity contribution is 6.01. The van der Waals surface area contributed by atoms with Crippen molar-refractivity contribution in [1.29, 1.82) is 0 Å². The molecule has 4 rings (SSSR count). The number of piperazine rings is 1. The van der Waals surface area contributed by atoms with Gasteiger partial charge in [0.25, 0.3) is 11.8 Å². The number of hydrogen-bond acceptors (Lipinski definition) is 4. The summed E-state index contributed by atoms with van der Waals surface area (Å²) in [4.78, 5) is 33.0. The molecule has 0 bridgehead atoms. The maximum Gasteiger partial charge on any atom is 0.416 e. The molecule has 3 heterocycles. The Hall–Kier alpha value is -3.43. The Balaban J connectivity index is 1.44. The van der Waals surface area contributed by atoms with Gasteiger partial charge in [-0.25, -0.2) is 9.50 Å². The highest BCUT2D eigenvalue weighted by atomic mass is 19.4. The van der Waals surface area contributed by atoms with Crippen LogP contribution in [0.25, 0.3) is 5.65 Å². The molecule has 1 saturated heterocycles. The Kier molecular flexibility index (Phi) is 4.92. The van der Waals surface area contributed by atoms with E-state index in [9.17, 15) is 22.8 Å². The molecule has 0 aliphatic carbocycles. The molecule has 2 aromatic heterocycles. The van der Waals surface area contributed by atoms with Crippen LogP contribution in [0.1, 0.15) is 32.0 Å². The predicted octanol–water partition coefficient (Wildman–Crippen LogP) is 2.65. The first-order chi connectivity index (χ1) is 14.3. The number of alkyl halides is 3. The van der Waals surface area contributed by atoms with Gasteiger partial charge in [0.15, 0.2) is 5.65 Å². The minimum atomic E-state index is -4.45. The summed E-state index contributed by atoms with van der Waals surface area (Å²) >= 11 is 0. The number of hydrogen-bond donors (Lipinski definition) is 0. The highest BCUT2D eigenvalue weighted by Crippen LogP contribution is 2.29. The van der Waals surface area contributed by atoms with Crippen molar-refractivity contribution in [1.82, 2.24) is 24.4 Å². The Bertz CT molecular complexity index is 1100. The van der Waals surface area contributed by atoms with Gasteiger partial charge in [-0.2, -0.15) is 18.3 Å². The molecule has 0 atom stereocenters. The lowest BCUT2D eigenvalue weighted by Crippen LogP contribution is -2.50. The third kappa shape index (κ3) is 3.60. The van der Waals surface area contributed by atoms with Crippen molar-refractivity contribution < 1.29 is 22.8 Å². The number of fused-ring (bicyclic) bond motifs is 1. The van der Waals surface area contributed by atoms with Crippen molar-refractivity contribution >= 4 is 17.5 Å². The van der Waals surface area contributed by atoms with Crippen LogP contribution in [0.15, 0.2) is 42.7 Å². The number of aryl methyl sites for hydroxylation is 1. The SMILES string of the molecule is Cc1nn2cccnc2c1C(=O)N1CCN(C(=O)c2ccc(C(F)(F)F)cc2)CC1. The molecular formula is C20H18F3N5O2. The van der Waals surface area contributed by atoms with Gasteiger partial charge >= 0.3 is 6.18 Å². The Morgan fingerprint density at radius 3 is 2.17 bits per heavy atom. The van der Waals surface area contributed by atoms with Gasteiger partial charge in [-0.3, -0.25) is 9.59 Å². The van der Waals surface area contributed by atoms with E-state index in [4.69, 9.17) is 0 Å². The van der Waals surface area contributed by atoms with Crippen LogP contribution in [-0.4, -0.2) is 62.4 Å². The first-order valence-electron chi connectivity index (χ1n) is 9.31. The summed E-state index contributed by atoms with van der Waals surface area (Å²) < 4.78 is 39.6. The van der Waals surface area contributed by atoms with Crippen LogP contribution in [0, 0.1) is 6.92 Å². The van der Waals surface area contributed by atoms with E-state index >= 15 is 0 Å². The van der Waals surface area contributed by atoms with E-state index in [0.29, 0.717) is 30.0 Å². The molecule has 0 spiro atoms. The van der Waals surface area contributed by atoms with Crippen LogP contribution in [0.5, 0.6) is 0 Å². The largest absolute Gasteiger partial charge is 0.416 e. The van der Waals surface area contributed by atoms with Crippen LogP contribution < -0.4 is 0 Å². The maximum absolute atomic E-state index is 13.0. The molecule has 156 valence electrons. The minimum Gasteiger partial charge on any atom is -0.335 e. The summed E-state index contributed by atoms with van der Waals surface area (Å²) in [7, 11) is 0. The van der Waals surface area contributed by atoms with E-state index in [-0.39, 0.29) is 30.5 Å². The van der Waals surface area contributed by atoms with E-state index in [1.54, 1.807) is 34.8 Å². The normalized spacial score (nSPS) is 14.9. The van der Waals surface area contributed by atoms with E-state index < -0.39 is 11.7 Å². The van der Waals surface area contributed by atoms with Gasteiger partial charge in [0.1, 0.15) is 5.56 Å². The molecule has 0 N–H and O–H groups in total. The molecule has 1 aromatic carbocycles. The van der Waals surface area contributed by atoms with E-state index in [2.05, 4.69) is 10.1 Å². The fourth-order valence-corrected chi connectivity index (χ4v) is 3.50. The van der Waals surface area contributed by atoms with Gasteiger partial charge < -0.3 is 9.80 Å². The molecule has 1 aliphatic rings. The minimum absolute atomic E-state index is 0.186. The average molecular weight is 417 g/mol. The lowest BCUT2D eigenvalue weighted by atomic mass is 10.1. The van der Waals surface area contributed by atoms with Crippen LogP contribution in [0.4, 0.5) is 13.2 Å². The third-order valence-corrected chi connectivity index (χ3v) is 5.10. The predicted molar refractivity (Wildman–Crippen MR) is 101 cm³/mol. The quantitative estimate of drug-likeness (QED) is 0.643. The zero-order chi connectivity index (χ0) is 21.5. The molecule has 1 aliphatic heterocycles. The second kappa shape index (κ2) is 7.43. The molecule has 0 saturated carbocycles. The summed E-state index contributed by atoms with van der Waals surface area (Å²) in [5.74, 6) is -0.563. The highest BCUT2D eigenvalue weighted by Gasteiger charge is 2.31. The molecule has 3 aromatic rings. The fourth-order valence-electron chi connectivity index (χ4n) is 3.50. The number of amides is 2. The van der Waals surface area contributed by atoms with Crippen LogP contribution in [-0.2, 0) is 6.18 Å². The second-order valence-electron chi connectivity index (χ2n) is 7.01. The monoisotopic (exact) mass is 417 g/mol. The first-order valence-corrected chi connectivity index (χ1v) is 9.31. The Morgan fingerprint density at radius 2 is 1.57 bits per heavy atom. The molecular weight excluding hydrogens is 399 g/mol. The van der Waals surface area contributed by atoms with Crippen LogP contribution >= 0.6 is 0 Å². The molecule has 10 heteroatoms. The molecule has 1 fully saturated rings. The number of carbonyl (C=O) groups excluding carboxylic acids is 2. The van der Waals surface area contributed by atoms with Crippen molar-refractivity contribution in [2.45, 2.75) is 13.1 Å². The first kappa shape index (κ1) is 19.9.